The van der Waals surface area contributed by atoms with Gasteiger partial charge in [0.15, 0.2) is 5.43 Å². The summed E-state index contributed by atoms with van der Waals surface area (Å²) in [5.74, 6) is -0.375. The number of hydrogen-bond donors (Lipinski definition) is 1. The molecule has 0 saturated carbocycles. The molecule has 1 atom stereocenters. The number of hydrogen-bond acceptors (Lipinski definition) is 5. The van der Waals surface area contributed by atoms with Crippen LogP contribution >= 0.6 is 0 Å². The molecule has 1 N–H and O–H groups in total. The van der Waals surface area contributed by atoms with E-state index in [4.69, 9.17) is 9.15 Å². The molecule has 1 aromatic heterocycles. The average molecular weight is 383 g/mol. The van der Waals surface area contributed by atoms with Gasteiger partial charge in [0.2, 0.25) is 5.76 Å². The third-order valence-electron chi connectivity index (χ3n) is 4.92. The Morgan fingerprint density at radius 2 is 1.93 bits per heavy atom. The number of aliphatic hydroxyl groups is 1. The van der Waals surface area contributed by atoms with Crippen LogP contribution in [-0.4, -0.2) is 36.2 Å². The van der Waals surface area contributed by atoms with Crippen molar-refractivity contribution in [2.75, 3.05) is 20.3 Å². The molecule has 0 radical (unpaired) electrons. The van der Waals surface area contributed by atoms with Gasteiger partial charge in [-0.15, -0.1) is 0 Å². The van der Waals surface area contributed by atoms with Crippen LogP contribution in [0.15, 0.2) is 51.7 Å². The molecule has 1 aliphatic rings. The Kier molecular flexibility index (Phi) is 4.60. The largest absolute Gasteiger partial charge is 0.497 e. The van der Waals surface area contributed by atoms with Crippen LogP contribution in [0.3, 0.4) is 0 Å². The fourth-order valence-corrected chi connectivity index (χ4v) is 3.60. The lowest BCUT2D eigenvalue weighted by molar-refractivity contribution is 0.0716. The van der Waals surface area contributed by atoms with Crippen LogP contribution in [0.1, 0.15) is 34.1 Å². The highest BCUT2D eigenvalue weighted by atomic mass is 19.1. The molecule has 2 heterocycles. The van der Waals surface area contributed by atoms with E-state index in [9.17, 15) is 19.1 Å². The maximum Gasteiger partial charge on any atom is 0.290 e. The molecule has 1 amide bonds. The smallest absolute Gasteiger partial charge is 0.290 e. The number of benzene rings is 2. The molecule has 144 valence electrons. The lowest BCUT2D eigenvalue weighted by Crippen LogP contribution is -2.31. The first-order valence-corrected chi connectivity index (χ1v) is 8.87. The summed E-state index contributed by atoms with van der Waals surface area (Å²) in [5, 5.41) is 9.30. The van der Waals surface area contributed by atoms with Gasteiger partial charge in [-0.05, 0) is 42.3 Å². The highest BCUT2D eigenvalue weighted by molar-refractivity contribution is 5.99. The van der Waals surface area contributed by atoms with Crippen LogP contribution in [0, 0.1) is 5.82 Å². The standard InChI is InChI=1S/C21H18FNO5/c1-27-14-6-3-12(4-7-14)18-17-19(25)15-11-13(22)5-8-16(15)28-20(17)21(26)23(18)9-2-10-24/h3-8,11,18,24H,2,9-10H2,1H3. The molecule has 28 heavy (non-hydrogen) atoms. The van der Waals surface area contributed by atoms with E-state index in [1.54, 1.807) is 31.4 Å². The molecule has 1 unspecified atom stereocenters. The molecule has 2 aromatic carbocycles. The molecule has 1 aliphatic heterocycles. The first kappa shape index (κ1) is 18.2. The van der Waals surface area contributed by atoms with Crippen LogP contribution in [0.5, 0.6) is 5.75 Å². The lowest BCUT2D eigenvalue weighted by atomic mass is 9.98. The second-order valence-electron chi connectivity index (χ2n) is 6.57. The number of ether oxygens (including phenoxy) is 1. The normalized spacial score (nSPS) is 15.9. The molecule has 0 bridgehead atoms. The van der Waals surface area contributed by atoms with Crippen LogP contribution in [0.2, 0.25) is 0 Å². The molecule has 3 aromatic rings. The van der Waals surface area contributed by atoms with Crippen LogP contribution < -0.4 is 10.2 Å². The third kappa shape index (κ3) is 2.84. The Morgan fingerprint density at radius 3 is 2.61 bits per heavy atom. The molecule has 6 nitrogen and oxygen atoms in total. The second kappa shape index (κ2) is 7.09. The van der Waals surface area contributed by atoms with Crippen LogP contribution in [-0.2, 0) is 0 Å². The zero-order valence-corrected chi connectivity index (χ0v) is 15.1. The van der Waals surface area contributed by atoms with E-state index in [1.807, 2.05) is 0 Å². The predicted octanol–water partition coefficient (Wildman–Crippen LogP) is 2.87. The first-order valence-electron chi connectivity index (χ1n) is 8.87. The summed E-state index contributed by atoms with van der Waals surface area (Å²) in [7, 11) is 1.55. The summed E-state index contributed by atoms with van der Waals surface area (Å²) < 4.78 is 24.6. The number of amides is 1. The van der Waals surface area contributed by atoms with Crippen molar-refractivity contribution in [1.82, 2.24) is 4.90 Å². The van der Waals surface area contributed by atoms with Crippen LogP contribution in [0.4, 0.5) is 4.39 Å². The van der Waals surface area contributed by atoms with E-state index in [2.05, 4.69) is 0 Å². The van der Waals surface area contributed by atoms with Gasteiger partial charge in [-0.25, -0.2) is 4.39 Å². The number of halogens is 1. The minimum atomic E-state index is -0.677. The van der Waals surface area contributed by atoms with Gasteiger partial charge in [0.25, 0.3) is 5.91 Å². The van der Waals surface area contributed by atoms with Gasteiger partial charge in [-0.1, -0.05) is 12.1 Å². The molecule has 0 saturated heterocycles. The van der Waals surface area contributed by atoms with Gasteiger partial charge in [-0.3, -0.25) is 9.59 Å². The van der Waals surface area contributed by atoms with E-state index >= 15 is 0 Å². The Hall–Kier alpha value is -3.19. The van der Waals surface area contributed by atoms with Gasteiger partial charge < -0.3 is 19.2 Å². The van der Waals surface area contributed by atoms with E-state index in [0.717, 1.165) is 6.07 Å². The quantitative estimate of drug-likeness (QED) is 0.733. The Labute approximate surface area is 159 Å². The van der Waals surface area contributed by atoms with Gasteiger partial charge in [0, 0.05) is 13.2 Å². The maximum absolute atomic E-state index is 13.7. The Balaban J connectivity index is 1.94. The van der Waals surface area contributed by atoms with Gasteiger partial charge in [-0.2, -0.15) is 0 Å². The number of aliphatic hydroxyl groups excluding tert-OH is 1. The Bertz CT molecular complexity index is 1110. The number of carbonyl (C=O) groups is 1. The summed E-state index contributed by atoms with van der Waals surface area (Å²) in [4.78, 5) is 27.7. The molecule has 4 rings (SSSR count). The number of methoxy groups -OCH3 is 1. The Morgan fingerprint density at radius 1 is 1.18 bits per heavy atom. The zero-order valence-electron chi connectivity index (χ0n) is 15.1. The van der Waals surface area contributed by atoms with Crippen molar-refractivity contribution < 1.29 is 23.4 Å². The second-order valence-corrected chi connectivity index (χ2v) is 6.57. The number of rotatable bonds is 5. The first-order chi connectivity index (χ1) is 13.5. The minimum absolute atomic E-state index is 0.0390. The summed E-state index contributed by atoms with van der Waals surface area (Å²) in [5.41, 5.74) is 0.618. The van der Waals surface area contributed by atoms with Gasteiger partial charge in [0.05, 0.1) is 24.1 Å². The molecular weight excluding hydrogens is 365 g/mol. The molecule has 0 aliphatic carbocycles. The molecule has 0 spiro atoms. The molecular formula is C21H18FNO5. The lowest BCUT2D eigenvalue weighted by Gasteiger charge is -2.25. The van der Waals surface area contributed by atoms with E-state index in [-0.39, 0.29) is 35.4 Å². The van der Waals surface area contributed by atoms with Gasteiger partial charge >= 0.3 is 0 Å². The zero-order chi connectivity index (χ0) is 19.8. The number of nitrogens with zero attached hydrogens (tertiary/aromatic N) is 1. The highest BCUT2D eigenvalue weighted by Crippen LogP contribution is 2.38. The van der Waals surface area contributed by atoms with Crippen molar-refractivity contribution in [3.8, 4) is 5.75 Å². The molecule has 0 fully saturated rings. The summed E-state index contributed by atoms with van der Waals surface area (Å²) in [6.45, 7) is 0.157. The minimum Gasteiger partial charge on any atom is -0.497 e. The summed E-state index contributed by atoms with van der Waals surface area (Å²) >= 11 is 0. The van der Waals surface area contributed by atoms with E-state index < -0.39 is 23.2 Å². The van der Waals surface area contributed by atoms with Crippen molar-refractivity contribution in [3.63, 3.8) is 0 Å². The van der Waals surface area contributed by atoms with Crippen molar-refractivity contribution in [3.05, 3.63) is 75.4 Å². The van der Waals surface area contributed by atoms with Crippen LogP contribution in [0.25, 0.3) is 11.0 Å². The average Bonchev–Trinajstić information content (AvgIpc) is 2.99. The van der Waals surface area contributed by atoms with Crippen molar-refractivity contribution in [2.24, 2.45) is 0 Å². The summed E-state index contributed by atoms with van der Waals surface area (Å²) in [6, 6.07) is 9.99. The topological polar surface area (TPSA) is 80.0 Å². The molecule has 7 heteroatoms. The number of fused-ring (bicyclic) bond motifs is 2. The predicted molar refractivity (Wildman–Crippen MR) is 100 cm³/mol. The van der Waals surface area contributed by atoms with Gasteiger partial charge in [0.1, 0.15) is 17.1 Å². The maximum atomic E-state index is 13.7. The monoisotopic (exact) mass is 383 g/mol. The van der Waals surface area contributed by atoms with Crippen molar-refractivity contribution in [1.29, 1.82) is 0 Å². The fraction of sp³-hybridized carbons (Fsp3) is 0.238. The van der Waals surface area contributed by atoms with Crippen molar-refractivity contribution in [2.45, 2.75) is 12.5 Å². The van der Waals surface area contributed by atoms with E-state index in [1.165, 1.54) is 17.0 Å². The third-order valence-corrected chi connectivity index (χ3v) is 4.92. The number of carbonyl (C=O) groups excluding carboxylic acids is 1. The fourth-order valence-electron chi connectivity index (χ4n) is 3.60. The highest BCUT2D eigenvalue weighted by Gasteiger charge is 2.42. The SMILES string of the molecule is COc1ccc(C2c3c(oc4ccc(F)cc4c3=O)C(=O)N2CCCO)cc1. The van der Waals surface area contributed by atoms with E-state index in [0.29, 0.717) is 17.7 Å². The van der Waals surface area contributed by atoms with Crippen molar-refractivity contribution >= 4 is 16.9 Å². The summed E-state index contributed by atoms with van der Waals surface area (Å²) in [6.07, 6.45) is 0.356.